The van der Waals surface area contributed by atoms with Crippen molar-refractivity contribution in [3.8, 4) is 0 Å². The van der Waals surface area contributed by atoms with Gasteiger partial charge in [0.15, 0.2) is 0 Å². The first-order valence-corrected chi connectivity index (χ1v) is 4.65. The van der Waals surface area contributed by atoms with Gasteiger partial charge >= 0.3 is 0 Å². The van der Waals surface area contributed by atoms with Crippen LogP contribution in [0.5, 0.6) is 0 Å². The molecular formula is C12H11N3. The third kappa shape index (κ3) is 2.40. The van der Waals surface area contributed by atoms with Crippen LogP contribution in [0, 0.1) is 0 Å². The summed E-state index contributed by atoms with van der Waals surface area (Å²) in [6.07, 6.45) is 6.76. The maximum atomic E-state index is 5.92. The fourth-order valence-electron chi connectivity index (χ4n) is 1.26. The molecule has 0 fully saturated rings. The van der Waals surface area contributed by atoms with Gasteiger partial charge in [0.2, 0.25) is 0 Å². The molecule has 0 aliphatic heterocycles. The van der Waals surface area contributed by atoms with Crippen LogP contribution >= 0.6 is 0 Å². The molecule has 0 amide bonds. The predicted octanol–water partition coefficient (Wildman–Crippen LogP) is 1.93. The van der Waals surface area contributed by atoms with Crippen LogP contribution in [0.2, 0.25) is 0 Å². The average molecular weight is 197 g/mol. The van der Waals surface area contributed by atoms with E-state index >= 15 is 0 Å². The summed E-state index contributed by atoms with van der Waals surface area (Å²) in [5.41, 5.74) is 8.36. The standard InChI is InChI=1S/C12H11N3/c13-12(10-4-2-1-3-5-10)8-11-9-14-6-7-15-11/h1-9H,13H2/b12-8+. The number of nitrogens with zero attached hydrogens (tertiary/aromatic N) is 2. The minimum absolute atomic E-state index is 0.691. The van der Waals surface area contributed by atoms with E-state index < -0.39 is 0 Å². The van der Waals surface area contributed by atoms with Crippen LogP contribution in [0.1, 0.15) is 11.3 Å². The molecule has 0 radical (unpaired) electrons. The number of hydrogen-bond donors (Lipinski definition) is 1. The maximum Gasteiger partial charge on any atom is 0.0833 e. The van der Waals surface area contributed by atoms with Crippen molar-refractivity contribution in [1.82, 2.24) is 9.97 Å². The summed E-state index contributed by atoms with van der Waals surface area (Å²) in [6.45, 7) is 0. The molecule has 0 atom stereocenters. The zero-order chi connectivity index (χ0) is 10.5. The Bertz CT molecular complexity index is 449. The van der Waals surface area contributed by atoms with Crippen LogP contribution in [0.4, 0.5) is 0 Å². The quantitative estimate of drug-likeness (QED) is 0.800. The molecule has 15 heavy (non-hydrogen) atoms. The van der Waals surface area contributed by atoms with Crippen molar-refractivity contribution in [2.24, 2.45) is 5.73 Å². The smallest absolute Gasteiger partial charge is 0.0833 e. The van der Waals surface area contributed by atoms with Gasteiger partial charge in [-0.25, -0.2) is 0 Å². The number of hydrogen-bond acceptors (Lipinski definition) is 3. The fourth-order valence-corrected chi connectivity index (χ4v) is 1.26. The van der Waals surface area contributed by atoms with Crippen molar-refractivity contribution in [2.75, 3.05) is 0 Å². The molecule has 0 bridgehead atoms. The van der Waals surface area contributed by atoms with Gasteiger partial charge in [-0.05, 0) is 11.6 Å². The molecule has 2 rings (SSSR count). The third-order valence-corrected chi connectivity index (χ3v) is 1.99. The number of benzene rings is 1. The summed E-state index contributed by atoms with van der Waals surface area (Å²) in [5, 5.41) is 0. The first-order valence-electron chi connectivity index (χ1n) is 4.65. The molecule has 1 aromatic carbocycles. The summed E-state index contributed by atoms with van der Waals surface area (Å²) < 4.78 is 0. The van der Waals surface area contributed by atoms with Gasteiger partial charge in [0.1, 0.15) is 0 Å². The van der Waals surface area contributed by atoms with E-state index in [4.69, 9.17) is 5.73 Å². The highest BCUT2D eigenvalue weighted by Gasteiger charge is 1.95. The second kappa shape index (κ2) is 4.37. The van der Waals surface area contributed by atoms with Gasteiger partial charge in [0, 0.05) is 18.1 Å². The lowest BCUT2D eigenvalue weighted by molar-refractivity contribution is 1.18. The molecule has 2 aromatic rings. The van der Waals surface area contributed by atoms with Crippen LogP contribution in [0.3, 0.4) is 0 Å². The highest BCUT2D eigenvalue weighted by atomic mass is 14.8. The molecule has 0 saturated carbocycles. The zero-order valence-electron chi connectivity index (χ0n) is 8.17. The summed E-state index contributed by atoms with van der Waals surface area (Å²) in [5.74, 6) is 0. The SMILES string of the molecule is N/C(=C/c1cnccn1)c1ccccc1. The number of nitrogens with two attached hydrogens (primary N) is 1. The topological polar surface area (TPSA) is 51.8 Å². The zero-order valence-corrected chi connectivity index (χ0v) is 8.17. The Kier molecular flexibility index (Phi) is 2.74. The lowest BCUT2D eigenvalue weighted by atomic mass is 10.1. The Morgan fingerprint density at radius 2 is 1.93 bits per heavy atom. The van der Waals surface area contributed by atoms with Gasteiger partial charge in [-0.1, -0.05) is 30.3 Å². The Labute approximate surface area is 88.3 Å². The predicted molar refractivity (Wildman–Crippen MR) is 60.5 cm³/mol. The molecule has 74 valence electrons. The normalized spacial score (nSPS) is 11.3. The summed E-state index contributed by atoms with van der Waals surface area (Å²) in [7, 11) is 0. The van der Waals surface area contributed by atoms with E-state index in [2.05, 4.69) is 9.97 Å². The maximum absolute atomic E-state index is 5.92. The van der Waals surface area contributed by atoms with Gasteiger partial charge in [-0.3, -0.25) is 9.97 Å². The molecule has 1 heterocycles. The van der Waals surface area contributed by atoms with Crippen molar-refractivity contribution in [3.05, 3.63) is 60.2 Å². The first kappa shape index (κ1) is 9.40. The van der Waals surface area contributed by atoms with E-state index in [9.17, 15) is 0 Å². The molecule has 0 spiro atoms. The van der Waals surface area contributed by atoms with Crippen molar-refractivity contribution in [3.63, 3.8) is 0 Å². The molecule has 3 heteroatoms. The first-order chi connectivity index (χ1) is 7.36. The molecule has 1 aromatic heterocycles. The summed E-state index contributed by atoms with van der Waals surface area (Å²) in [4.78, 5) is 8.09. The number of aromatic nitrogens is 2. The highest BCUT2D eigenvalue weighted by Crippen LogP contribution is 2.10. The lowest BCUT2D eigenvalue weighted by Crippen LogP contribution is -1.96. The molecule has 2 N–H and O–H groups in total. The van der Waals surface area contributed by atoms with Crippen molar-refractivity contribution >= 4 is 11.8 Å². The molecule has 0 saturated heterocycles. The second-order valence-corrected chi connectivity index (χ2v) is 3.10. The van der Waals surface area contributed by atoms with E-state index in [-0.39, 0.29) is 0 Å². The molecule has 0 unspecified atom stereocenters. The van der Waals surface area contributed by atoms with E-state index in [0.29, 0.717) is 5.70 Å². The van der Waals surface area contributed by atoms with Gasteiger partial charge in [-0.2, -0.15) is 0 Å². The Morgan fingerprint density at radius 1 is 1.13 bits per heavy atom. The molecule has 0 aliphatic carbocycles. The minimum Gasteiger partial charge on any atom is -0.398 e. The molecular weight excluding hydrogens is 186 g/mol. The van der Waals surface area contributed by atoms with E-state index in [0.717, 1.165) is 11.3 Å². The molecule has 3 nitrogen and oxygen atoms in total. The molecule has 0 aliphatic rings. The van der Waals surface area contributed by atoms with Crippen molar-refractivity contribution < 1.29 is 0 Å². The van der Waals surface area contributed by atoms with Crippen LogP contribution in [0.15, 0.2) is 48.9 Å². The summed E-state index contributed by atoms with van der Waals surface area (Å²) in [6, 6.07) is 9.78. The van der Waals surface area contributed by atoms with E-state index in [1.807, 2.05) is 36.4 Å². The van der Waals surface area contributed by atoms with Crippen LogP contribution < -0.4 is 5.73 Å². The van der Waals surface area contributed by atoms with Gasteiger partial charge in [-0.15, -0.1) is 0 Å². The van der Waals surface area contributed by atoms with Gasteiger partial charge < -0.3 is 5.73 Å². The van der Waals surface area contributed by atoms with Crippen molar-refractivity contribution in [2.45, 2.75) is 0 Å². The Hall–Kier alpha value is -2.16. The number of rotatable bonds is 2. The lowest BCUT2D eigenvalue weighted by Gasteiger charge is -2.00. The highest BCUT2D eigenvalue weighted by molar-refractivity contribution is 5.77. The van der Waals surface area contributed by atoms with E-state index in [1.54, 1.807) is 18.6 Å². The minimum atomic E-state index is 0.691. The monoisotopic (exact) mass is 197 g/mol. The Morgan fingerprint density at radius 3 is 2.60 bits per heavy atom. The second-order valence-electron chi connectivity index (χ2n) is 3.10. The average Bonchev–Trinajstić information content (AvgIpc) is 2.31. The third-order valence-electron chi connectivity index (χ3n) is 1.99. The van der Waals surface area contributed by atoms with Crippen LogP contribution in [-0.4, -0.2) is 9.97 Å². The fraction of sp³-hybridized carbons (Fsp3) is 0. The largest absolute Gasteiger partial charge is 0.398 e. The van der Waals surface area contributed by atoms with Crippen LogP contribution in [-0.2, 0) is 0 Å². The van der Waals surface area contributed by atoms with Crippen LogP contribution in [0.25, 0.3) is 11.8 Å². The summed E-state index contributed by atoms with van der Waals surface area (Å²) >= 11 is 0. The Balaban J connectivity index is 2.29. The van der Waals surface area contributed by atoms with Gasteiger partial charge in [0.25, 0.3) is 0 Å². The van der Waals surface area contributed by atoms with Crippen molar-refractivity contribution in [1.29, 1.82) is 0 Å². The van der Waals surface area contributed by atoms with Gasteiger partial charge in [0.05, 0.1) is 11.9 Å². The van der Waals surface area contributed by atoms with E-state index in [1.165, 1.54) is 0 Å².